The van der Waals surface area contributed by atoms with Crippen molar-refractivity contribution in [2.75, 3.05) is 24.1 Å². The highest BCUT2D eigenvalue weighted by Crippen LogP contribution is 2.22. The highest BCUT2D eigenvalue weighted by Gasteiger charge is 2.14. The van der Waals surface area contributed by atoms with Gasteiger partial charge in [-0.3, -0.25) is 4.79 Å². The van der Waals surface area contributed by atoms with E-state index in [1.165, 1.54) is 16.4 Å². The molecule has 0 aliphatic carbocycles. The molecule has 0 spiro atoms. The van der Waals surface area contributed by atoms with Crippen molar-refractivity contribution in [3.05, 3.63) is 94.5 Å². The number of benzene rings is 3. The number of ether oxygens (including phenoxy) is 2. The average molecular weight is 523 g/mol. The van der Waals surface area contributed by atoms with Crippen LogP contribution < -0.4 is 20.7 Å². The zero-order valence-corrected chi connectivity index (χ0v) is 20.9. The van der Waals surface area contributed by atoms with Crippen molar-refractivity contribution >= 4 is 41.3 Å². The minimum absolute atomic E-state index is 0.0807. The van der Waals surface area contributed by atoms with E-state index >= 15 is 0 Å². The first-order valence-electron chi connectivity index (χ1n) is 10.8. The molecule has 0 unspecified atom stereocenters. The Morgan fingerprint density at radius 1 is 1.14 bits per heavy atom. The summed E-state index contributed by atoms with van der Waals surface area (Å²) in [5.41, 5.74) is 4.95. The first-order valence-corrected chi connectivity index (χ1v) is 12.2. The van der Waals surface area contributed by atoms with Crippen LogP contribution in [0, 0.1) is 0 Å². The summed E-state index contributed by atoms with van der Waals surface area (Å²) in [5.74, 6) is 7.62. The van der Waals surface area contributed by atoms with E-state index < -0.39 is 0 Å². The van der Waals surface area contributed by atoms with Gasteiger partial charge < -0.3 is 15.3 Å². The number of nitrogens with one attached hydrogen (secondary N) is 1. The zero-order valence-electron chi connectivity index (χ0n) is 19.3. The zero-order chi connectivity index (χ0) is 25.3. The summed E-state index contributed by atoms with van der Waals surface area (Å²) < 4.78 is 12.3. The number of hydrazone groups is 1. The molecule has 3 aromatic carbocycles. The minimum Gasteiger partial charge on any atom is -0.497 e. The molecule has 1 heterocycles. The van der Waals surface area contributed by atoms with Crippen LogP contribution in [0.2, 0.25) is 5.02 Å². The molecule has 0 radical (unpaired) electrons. The predicted octanol–water partition coefficient (Wildman–Crippen LogP) is 4.65. The normalized spacial score (nSPS) is 10.9. The minimum atomic E-state index is -0.0807. The number of nitrogens with two attached hydrogens (primary N) is 1. The van der Waals surface area contributed by atoms with Gasteiger partial charge in [0.15, 0.2) is 5.78 Å². The number of carbonyl (C=O) groups excluding carboxylic acids is 1. The van der Waals surface area contributed by atoms with E-state index in [1.54, 1.807) is 37.6 Å². The van der Waals surface area contributed by atoms with E-state index in [9.17, 15) is 4.79 Å². The molecule has 36 heavy (non-hydrogen) atoms. The SMILES string of the molecule is COc1cccc(C(=O)CSc2nnc(N/N=C/c3ccccc3OCc3ccccc3Cl)n2N)c1. The standard InChI is InChI=1S/C25H23ClN6O3S/c1-34-20-10-6-9-17(13-20)22(33)16-36-25-31-30-24(32(25)27)29-28-14-18-7-3-5-12-23(18)35-15-19-8-2-4-11-21(19)26/h2-14H,15-16,27H2,1H3,(H,29,30)/b28-14+. The van der Waals surface area contributed by atoms with Gasteiger partial charge in [-0.25, -0.2) is 10.1 Å². The maximum Gasteiger partial charge on any atom is 0.264 e. The van der Waals surface area contributed by atoms with Gasteiger partial charge in [0.25, 0.3) is 5.95 Å². The molecule has 0 saturated carbocycles. The number of rotatable bonds is 11. The smallest absolute Gasteiger partial charge is 0.264 e. The van der Waals surface area contributed by atoms with E-state index in [4.69, 9.17) is 26.9 Å². The lowest BCUT2D eigenvalue weighted by Crippen LogP contribution is -2.14. The van der Waals surface area contributed by atoms with E-state index in [2.05, 4.69) is 20.7 Å². The molecule has 9 nitrogen and oxygen atoms in total. The lowest BCUT2D eigenvalue weighted by molar-refractivity contribution is 0.102. The third kappa shape index (κ3) is 6.35. The largest absolute Gasteiger partial charge is 0.497 e. The number of aromatic nitrogens is 3. The van der Waals surface area contributed by atoms with Gasteiger partial charge in [-0.15, -0.1) is 10.2 Å². The van der Waals surface area contributed by atoms with Crippen LogP contribution in [0.25, 0.3) is 0 Å². The number of thioether (sulfide) groups is 1. The summed E-state index contributed by atoms with van der Waals surface area (Å²) >= 11 is 7.39. The van der Waals surface area contributed by atoms with Crippen LogP contribution in [0.15, 0.2) is 83.1 Å². The van der Waals surface area contributed by atoms with E-state index in [0.29, 0.717) is 33.8 Å². The molecule has 0 saturated heterocycles. The number of Topliss-reactive ketones (excluding diaryl/α,β-unsaturated/α-hetero) is 1. The molecule has 0 bridgehead atoms. The van der Waals surface area contributed by atoms with Crippen molar-refractivity contribution < 1.29 is 14.3 Å². The lowest BCUT2D eigenvalue weighted by atomic mass is 10.1. The Balaban J connectivity index is 1.35. The fourth-order valence-electron chi connectivity index (χ4n) is 3.11. The maximum absolute atomic E-state index is 12.5. The molecule has 0 fully saturated rings. The highest BCUT2D eigenvalue weighted by atomic mass is 35.5. The Labute approximate surface area is 217 Å². The summed E-state index contributed by atoms with van der Waals surface area (Å²) in [7, 11) is 1.55. The van der Waals surface area contributed by atoms with Gasteiger partial charge in [0.05, 0.1) is 19.1 Å². The second-order valence-corrected chi connectivity index (χ2v) is 8.76. The number of para-hydroxylation sites is 1. The van der Waals surface area contributed by atoms with Crippen LogP contribution in [0.1, 0.15) is 21.5 Å². The first kappa shape index (κ1) is 25.1. The van der Waals surface area contributed by atoms with Crippen molar-refractivity contribution in [2.24, 2.45) is 5.10 Å². The summed E-state index contributed by atoms with van der Waals surface area (Å²) in [6, 6.07) is 21.9. The number of ketones is 1. The van der Waals surface area contributed by atoms with Crippen molar-refractivity contribution in [2.45, 2.75) is 11.8 Å². The van der Waals surface area contributed by atoms with Crippen LogP contribution in [-0.2, 0) is 6.61 Å². The molecule has 184 valence electrons. The Morgan fingerprint density at radius 3 is 2.78 bits per heavy atom. The van der Waals surface area contributed by atoms with Gasteiger partial charge in [0.1, 0.15) is 18.1 Å². The number of hydrogen-bond donors (Lipinski definition) is 2. The third-order valence-electron chi connectivity index (χ3n) is 5.02. The van der Waals surface area contributed by atoms with Crippen molar-refractivity contribution in [3.63, 3.8) is 0 Å². The number of methoxy groups -OCH3 is 1. The fraction of sp³-hybridized carbons (Fsp3) is 0.120. The molecule has 4 rings (SSSR count). The second kappa shape index (κ2) is 12.1. The molecule has 0 amide bonds. The quantitative estimate of drug-likeness (QED) is 0.0960. The molecule has 11 heteroatoms. The number of halogens is 1. The number of nitrogen functional groups attached to an aromatic ring is 1. The molecular formula is C25H23ClN6O3S. The van der Waals surface area contributed by atoms with Gasteiger partial charge in [-0.05, 0) is 30.3 Å². The van der Waals surface area contributed by atoms with Crippen LogP contribution in [0.5, 0.6) is 11.5 Å². The Hall–Kier alpha value is -4.02. The van der Waals surface area contributed by atoms with E-state index in [-0.39, 0.29) is 17.5 Å². The third-order valence-corrected chi connectivity index (χ3v) is 6.33. The summed E-state index contributed by atoms with van der Waals surface area (Å²) in [5, 5.41) is 13.2. The monoisotopic (exact) mass is 522 g/mol. The van der Waals surface area contributed by atoms with Gasteiger partial charge in [0, 0.05) is 21.7 Å². The fourth-order valence-corrected chi connectivity index (χ4v) is 4.05. The van der Waals surface area contributed by atoms with Crippen LogP contribution in [-0.4, -0.2) is 39.7 Å². The molecule has 4 aromatic rings. The molecule has 1 aromatic heterocycles. The Morgan fingerprint density at radius 2 is 1.94 bits per heavy atom. The predicted molar refractivity (Wildman–Crippen MR) is 142 cm³/mol. The summed E-state index contributed by atoms with van der Waals surface area (Å²) in [4.78, 5) is 12.5. The van der Waals surface area contributed by atoms with Gasteiger partial charge in [0.2, 0.25) is 5.16 Å². The maximum atomic E-state index is 12.5. The van der Waals surface area contributed by atoms with Crippen molar-refractivity contribution in [1.29, 1.82) is 0 Å². The van der Waals surface area contributed by atoms with Crippen molar-refractivity contribution in [3.8, 4) is 11.5 Å². The number of carbonyl (C=O) groups is 1. The Kier molecular flexibility index (Phi) is 8.43. The van der Waals surface area contributed by atoms with Gasteiger partial charge in [-0.1, -0.05) is 65.8 Å². The van der Waals surface area contributed by atoms with Crippen LogP contribution in [0.4, 0.5) is 5.95 Å². The van der Waals surface area contributed by atoms with Gasteiger partial charge in [-0.2, -0.15) is 5.10 Å². The molecule has 0 aliphatic heterocycles. The molecule has 0 atom stereocenters. The summed E-state index contributed by atoms with van der Waals surface area (Å²) in [6.45, 7) is 0.324. The van der Waals surface area contributed by atoms with Crippen LogP contribution >= 0.6 is 23.4 Å². The Bertz CT molecular complexity index is 1380. The van der Waals surface area contributed by atoms with E-state index in [0.717, 1.165) is 11.1 Å². The second-order valence-electron chi connectivity index (χ2n) is 7.41. The lowest BCUT2D eigenvalue weighted by Gasteiger charge is -2.10. The number of nitrogens with zero attached hydrogens (tertiary/aromatic N) is 4. The van der Waals surface area contributed by atoms with Crippen LogP contribution in [0.3, 0.4) is 0 Å². The van der Waals surface area contributed by atoms with Gasteiger partial charge >= 0.3 is 0 Å². The average Bonchev–Trinajstić information content (AvgIpc) is 3.26. The summed E-state index contributed by atoms with van der Waals surface area (Å²) in [6.07, 6.45) is 1.59. The number of hydrogen-bond acceptors (Lipinski definition) is 9. The first-order chi connectivity index (χ1) is 17.5. The molecule has 0 aliphatic rings. The topological polar surface area (TPSA) is 117 Å². The van der Waals surface area contributed by atoms with E-state index in [1.807, 2.05) is 48.5 Å². The molecular weight excluding hydrogens is 500 g/mol. The highest BCUT2D eigenvalue weighted by molar-refractivity contribution is 7.99. The number of anilines is 1. The van der Waals surface area contributed by atoms with Crippen molar-refractivity contribution in [1.82, 2.24) is 14.9 Å². The molecule has 3 N–H and O–H groups in total.